The van der Waals surface area contributed by atoms with Crippen molar-refractivity contribution in [3.05, 3.63) is 34.9 Å². The molecule has 1 saturated carbocycles. The zero-order chi connectivity index (χ0) is 20.0. The van der Waals surface area contributed by atoms with Crippen LogP contribution in [0.3, 0.4) is 0 Å². The Morgan fingerprint density at radius 1 is 1.07 bits per heavy atom. The van der Waals surface area contributed by atoms with Crippen LogP contribution in [0.4, 0.5) is 0 Å². The minimum absolute atomic E-state index is 0.109. The maximum atomic E-state index is 12.8. The fourth-order valence-corrected chi connectivity index (χ4v) is 5.61. The molecule has 3 unspecified atom stereocenters. The van der Waals surface area contributed by atoms with E-state index in [4.69, 9.17) is 0 Å². The van der Waals surface area contributed by atoms with Crippen LogP contribution < -0.4 is 16.0 Å². The number of hydrogen-bond acceptors (Lipinski definition) is 5. The summed E-state index contributed by atoms with van der Waals surface area (Å²) in [7, 11) is 0. The second-order valence-electron chi connectivity index (χ2n) is 8.91. The van der Waals surface area contributed by atoms with E-state index in [-0.39, 0.29) is 24.1 Å². The summed E-state index contributed by atoms with van der Waals surface area (Å²) in [4.78, 5) is 38.0. The van der Waals surface area contributed by atoms with Gasteiger partial charge in [0, 0.05) is 31.1 Å². The number of amides is 3. The quantitative estimate of drug-likeness (QED) is 0.659. The molecule has 29 heavy (non-hydrogen) atoms. The van der Waals surface area contributed by atoms with E-state index in [0.29, 0.717) is 36.4 Å². The van der Waals surface area contributed by atoms with Crippen molar-refractivity contribution >= 4 is 17.7 Å². The predicted molar refractivity (Wildman–Crippen MR) is 107 cm³/mol. The number of nitrogens with zero attached hydrogens (tertiary/aromatic N) is 1. The van der Waals surface area contributed by atoms with Crippen molar-refractivity contribution in [3.63, 3.8) is 0 Å². The molecule has 2 bridgehead atoms. The van der Waals surface area contributed by atoms with Crippen LogP contribution in [0.5, 0.6) is 0 Å². The molecule has 7 heteroatoms. The fraction of sp³-hybridized carbons (Fsp3) is 0.591. The largest absolute Gasteiger partial charge is 0.322 e. The van der Waals surface area contributed by atoms with Gasteiger partial charge >= 0.3 is 0 Å². The number of hydrogen-bond donors (Lipinski definition) is 3. The monoisotopic (exact) mass is 396 g/mol. The number of fused-ring (bicyclic) bond motifs is 3. The van der Waals surface area contributed by atoms with Crippen LogP contribution in [0.25, 0.3) is 0 Å². The second kappa shape index (κ2) is 7.54. The van der Waals surface area contributed by atoms with Crippen molar-refractivity contribution in [2.75, 3.05) is 13.1 Å². The van der Waals surface area contributed by atoms with E-state index in [2.05, 4.69) is 22.0 Å². The molecule has 7 nitrogen and oxygen atoms in total. The topological polar surface area (TPSA) is 90.5 Å². The van der Waals surface area contributed by atoms with Crippen molar-refractivity contribution in [2.45, 2.75) is 57.3 Å². The lowest BCUT2D eigenvalue weighted by Crippen LogP contribution is -2.55. The SMILES string of the molecule is O=C1CCC(N2Cc3cc(CNC4C5CCCC4CNC5)ccc3C2=O)C(=O)N1. The molecule has 3 aliphatic heterocycles. The third-order valence-electron chi connectivity index (χ3n) is 7.11. The van der Waals surface area contributed by atoms with E-state index in [1.54, 1.807) is 4.90 Å². The van der Waals surface area contributed by atoms with Crippen LogP contribution in [-0.2, 0) is 22.7 Å². The zero-order valence-corrected chi connectivity index (χ0v) is 16.6. The van der Waals surface area contributed by atoms with Crippen molar-refractivity contribution in [2.24, 2.45) is 11.8 Å². The molecule has 3 N–H and O–H groups in total. The van der Waals surface area contributed by atoms with Gasteiger partial charge in [-0.15, -0.1) is 0 Å². The molecule has 3 amide bonds. The number of carbonyl (C=O) groups is 3. The molecule has 1 aromatic carbocycles. The van der Waals surface area contributed by atoms with Crippen molar-refractivity contribution in [1.29, 1.82) is 0 Å². The van der Waals surface area contributed by atoms with Gasteiger partial charge in [0.2, 0.25) is 11.8 Å². The van der Waals surface area contributed by atoms with Crippen LogP contribution in [0.2, 0.25) is 0 Å². The lowest BCUT2D eigenvalue weighted by molar-refractivity contribution is -0.136. The number of carbonyl (C=O) groups excluding carboxylic acids is 3. The summed E-state index contributed by atoms with van der Waals surface area (Å²) >= 11 is 0. The maximum absolute atomic E-state index is 12.8. The van der Waals surface area contributed by atoms with Gasteiger partial charge in [0.25, 0.3) is 5.91 Å². The van der Waals surface area contributed by atoms with E-state index >= 15 is 0 Å². The molecule has 4 aliphatic rings. The summed E-state index contributed by atoms with van der Waals surface area (Å²) < 4.78 is 0. The summed E-state index contributed by atoms with van der Waals surface area (Å²) in [6.45, 7) is 3.45. The average Bonchev–Trinajstić information content (AvgIpc) is 3.02. The summed E-state index contributed by atoms with van der Waals surface area (Å²) in [6, 6.07) is 6.03. The molecule has 154 valence electrons. The number of imide groups is 1. The number of rotatable bonds is 4. The van der Waals surface area contributed by atoms with E-state index < -0.39 is 6.04 Å². The van der Waals surface area contributed by atoms with Gasteiger partial charge in [0.05, 0.1) is 0 Å². The first-order valence-electron chi connectivity index (χ1n) is 10.8. The highest BCUT2D eigenvalue weighted by molar-refractivity contribution is 6.05. The number of piperidine rings is 2. The Labute approximate surface area is 170 Å². The normalized spacial score (nSPS) is 31.6. The Bertz CT molecular complexity index is 832. The molecule has 0 radical (unpaired) electrons. The highest BCUT2D eigenvalue weighted by Crippen LogP contribution is 2.32. The summed E-state index contributed by atoms with van der Waals surface area (Å²) in [5.41, 5.74) is 2.83. The predicted octanol–water partition coefficient (Wildman–Crippen LogP) is 0.925. The van der Waals surface area contributed by atoms with E-state index in [9.17, 15) is 14.4 Å². The van der Waals surface area contributed by atoms with Gasteiger partial charge < -0.3 is 15.5 Å². The minimum atomic E-state index is -0.553. The molecule has 5 rings (SSSR count). The standard InChI is InChI=1S/C22H28N4O3/c27-19-7-6-18(21(28)25-19)26-12-16-8-13(4-5-17(16)22(26)29)9-24-20-14-2-1-3-15(20)11-23-10-14/h4-5,8,14-15,18,20,23-24H,1-3,6-7,9-12H2,(H,25,27,28). The molecule has 1 aliphatic carbocycles. The first-order valence-corrected chi connectivity index (χ1v) is 10.8. The number of nitrogens with one attached hydrogen (secondary N) is 3. The Balaban J connectivity index is 1.26. The van der Waals surface area contributed by atoms with Gasteiger partial charge in [-0.3, -0.25) is 19.7 Å². The van der Waals surface area contributed by atoms with Crippen molar-refractivity contribution in [3.8, 4) is 0 Å². The Morgan fingerprint density at radius 3 is 2.62 bits per heavy atom. The summed E-state index contributed by atoms with van der Waals surface area (Å²) in [5, 5.41) is 9.70. The van der Waals surface area contributed by atoms with Gasteiger partial charge in [-0.25, -0.2) is 0 Å². The molecule has 1 aromatic rings. The molecule has 0 spiro atoms. The summed E-state index contributed by atoms with van der Waals surface area (Å²) in [6.07, 6.45) is 4.61. The Kier molecular flexibility index (Phi) is 4.87. The third-order valence-corrected chi connectivity index (χ3v) is 7.11. The highest BCUT2D eigenvalue weighted by Gasteiger charge is 2.39. The van der Waals surface area contributed by atoms with Gasteiger partial charge in [-0.05, 0) is 61.4 Å². The second-order valence-corrected chi connectivity index (χ2v) is 8.91. The van der Waals surface area contributed by atoms with Gasteiger partial charge in [-0.2, -0.15) is 0 Å². The van der Waals surface area contributed by atoms with Gasteiger partial charge in [-0.1, -0.05) is 18.6 Å². The molecular weight excluding hydrogens is 368 g/mol. The van der Waals surface area contributed by atoms with E-state index in [1.165, 1.54) is 24.8 Å². The molecule has 2 saturated heterocycles. The van der Waals surface area contributed by atoms with Gasteiger partial charge in [0.1, 0.15) is 6.04 Å². The highest BCUT2D eigenvalue weighted by atomic mass is 16.2. The Morgan fingerprint density at radius 2 is 1.86 bits per heavy atom. The minimum Gasteiger partial charge on any atom is -0.322 e. The van der Waals surface area contributed by atoms with E-state index in [0.717, 1.165) is 25.2 Å². The fourth-order valence-electron chi connectivity index (χ4n) is 5.61. The van der Waals surface area contributed by atoms with Crippen LogP contribution in [-0.4, -0.2) is 47.8 Å². The third kappa shape index (κ3) is 3.46. The van der Waals surface area contributed by atoms with Crippen LogP contribution >= 0.6 is 0 Å². The van der Waals surface area contributed by atoms with Crippen LogP contribution in [0.15, 0.2) is 18.2 Å². The molecule has 3 fully saturated rings. The molecular formula is C22H28N4O3. The Hall–Kier alpha value is -2.25. The first kappa shape index (κ1) is 18.8. The first-order chi connectivity index (χ1) is 14.1. The zero-order valence-electron chi connectivity index (χ0n) is 16.6. The number of benzene rings is 1. The smallest absolute Gasteiger partial charge is 0.255 e. The van der Waals surface area contributed by atoms with Crippen LogP contribution in [0, 0.1) is 11.8 Å². The maximum Gasteiger partial charge on any atom is 0.255 e. The molecule has 3 heterocycles. The summed E-state index contributed by atoms with van der Waals surface area (Å²) in [5.74, 6) is 0.693. The lowest BCUT2D eigenvalue weighted by Gasteiger charge is -2.43. The average molecular weight is 396 g/mol. The van der Waals surface area contributed by atoms with Crippen molar-refractivity contribution < 1.29 is 14.4 Å². The molecule has 0 aromatic heterocycles. The van der Waals surface area contributed by atoms with Crippen LogP contribution in [0.1, 0.15) is 53.6 Å². The lowest BCUT2D eigenvalue weighted by atomic mass is 9.74. The molecule has 3 atom stereocenters. The van der Waals surface area contributed by atoms with Crippen molar-refractivity contribution in [1.82, 2.24) is 20.9 Å². The van der Waals surface area contributed by atoms with Gasteiger partial charge in [0.15, 0.2) is 0 Å². The van der Waals surface area contributed by atoms with E-state index in [1.807, 2.05) is 12.1 Å².